The van der Waals surface area contributed by atoms with Crippen molar-refractivity contribution < 1.29 is 13.6 Å². The van der Waals surface area contributed by atoms with Crippen LogP contribution in [-0.4, -0.2) is 17.4 Å². The van der Waals surface area contributed by atoms with Gasteiger partial charge in [0.05, 0.1) is 12.1 Å². The minimum absolute atomic E-state index is 0.00536. The van der Waals surface area contributed by atoms with Gasteiger partial charge < -0.3 is 10.6 Å². The highest BCUT2D eigenvalue weighted by Crippen LogP contribution is 2.19. The number of nitrogens with zero attached hydrogens (tertiary/aromatic N) is 1. The lowest BCUT2D eigenvalue weighted by Gasteiger charge is -2.07. The van der Waals surface area contributed by atoms with E-state index in [4.69, 9.17) is 6.42 Å². The van der Waals surface area contributed by atoms with E-state index < -0.39 is 6.43 Å². The fourth-order valence-corrected chi connectivity index (χ4v) is 1.84. The number of amides is 1. The van der Waals surface area contributed by atoms with Crippen LogP contribution in [0.1, 0.15) is 27.9 Å². The number of anilines is 1. The Labute approximate surface area is 132 Å². The summed E-state index contributed by atoms with van der Waals surface area (Å²) < 4.78 is 24.9. The van der Waals surface area contributed by atoms with E-state index in [2.05, 4.69) is 21.5 Å². The van der Waals surface area contributed by atoms with Crippen LogP contribution in [-0.2, 0) is 6.54 Å². The number of halogens is 2. The van der Waals surface area contributed by atoms with Crippen LogP contribution in [0.15, 0.2) is 42.6 Å². The van der Waals surface area contributed by atoms with E-state index in [9.17, 15) is 13.6 Å². The van der Waals surface area contributed by atoms with Crippen molar-refractivity contribution in [2.24, 2.45) is 0 Å². The van der Waals surface area contributed by atoms with E-state index in [1.807, 2.05) is 0 Å². The van der Waals surface area contributed by atoms with Crippen molar-refractivity contribution in [3.8, 4) is 12.3 Å². The van der Waals surface area contributed by atoms with Gasteiger partial charge >= 0.3 is 0 Å². The second kappa shape index (κ2) is 7.90. The summed E-state index contributed by atoms with van der Waals surface area (Å²) in [6, 6.07) is 9.35. The van der Waals surface area contributed by atoms with Crippen molar-refractivity contribution in [2.75, 3.05) is 11.9 Å². The molecule has 0 aliphatic rings. The van der Waals surface area contributed by atoms with Gasteiger partial charge in [0.2, 0.25) is 0 Å². The number of nitrogens with one attached hydrogen (secondary N) is 2. The Morgan fingerprint density at radius 1 is 1.22 bits per heavy atom. The van der Waals surface area contributed by atoms with Crippen LogP contribution < -0.4 is 10.6 Å². The topological polar surface area (TPSA) is 54.0 Å². The molecule has 2 N–H and O–H groups in total. The Hall–Kier alpha value is -2.94. The molecule has 0 unspecified atom stereocenters. The largest absolute Gasteiger partial charge is 0.366 e. The average molecular weight is 315 g/mol. The van der Waals surface area contributed by atoms with Gasteiger partial charge in [-0.1, -0.05) is 30.2 Å². The van der Waals surface area contributed by atoms with Crippen molar-refractivity contribution in [1.82, 2.24) is 10.3 Å². The molecule has 1 aromatic carbocycles. The Morgan fingerprint density at radius 3 is 2.52 bits per heavy atom. The predicted octanol–water partition coefficient (Wildman–Crippen LogP) is 2.99. The second-order valence-electron chi connectivity index (χ2n) is 4.71. The Balaban J connectivity index is 1.91. The molecule has 0 aliphatic carbocycles. The number of hydrogen-bond acceptors (Lipinski definition) is 3. The van der Waals surface area contributed by atoms with Gasteiger partial charge in [0, 0.05) is 18.3 Å². The number of carbonyl (C=O) groups excluding carboxylic acids is 1. The van der Waals surface area contributed by atoms with Crippen LogP contribution in [0.3, 0.4) is 0 Å². The molecular formula is C17H15F2N3O. The van der Waals surface area contributed by atoms with E-state index in [1.54, 1.807) is 24.3 Å². The molecule has 0 bridgehead atoms. The number of rotatable bonds is 6. The minimum Gasteiger partial charge on any atom is -0.366 e. The highest BCUT2D eigenvalue weighted by atomic mass is 19.3. The summed E-state index contributed by atoms with van der Waals surface area (Å²) in [7, 11) is 0. The highest BCUT2D eigenvalue weighted by Gasteiger charge is 2.06. The van der Waals surface area contributed by atoms with Gasteiger partial charge in [0.15, 0.2) is 0 Å². The van der Waals surface area contributed by atoms with Crippen molar-refractivity contribution in [1.29, 1.82) is 0 Å². The number of alkyl halides is 2. The molecule has 0 saturated heterocycles. The van der Waals surface area contributed by atoms with Gasteiger partial charge in [-0.15, -0.1) is 6.42 Å². The van der Waals surface area contributed by atoms with Gasteiger partial charge in [-0.05, 0) is 17.7 Å². The monoisotopic (exact) mass is 315 g/mol. The molecule has 2 rings (SSSR count). The molecule has 0 saturated carbocycles. The van der Waals surface area contributed by atoms with E-state index in [-0.39, 0.29) is 18.0 Å². The number of carbonyl (C=O) groups is 1. The molecule has 0 spiro atoms. The zero-order valence-electron chi connectivity index (χ0n) is 12.2. The molecule has 6 heteroatoms. The predicted molar refractivity (Wildman–Crippen MR) is 84.1 cm³/mol. The SMILES string of the molecule is C#CCNC(=O)c1ccc(NCc2ccc(C(F)F)cc2)nc1. The molecular weight excluding hydrogens is 300 g/mol. The summed E-state index contributed by atoms with van der Waals surface area (Å²) in [5.74, 6) is 2.61. The van der Waals surface area contributed by atoms with Crippen molar-refractivity contribution >= 4 is 11.7 Å². The second-order valence-corrected chi connectivity index (χ2v) is 4.71. The fourth-order valence-electron chi connectivity index (χ4n) is 1.84. The molecule has 1 aromatic heterocycles. The molecule has 118 valence electrons. The lowest BCUT2D eigenvalue weighted by Crippen LogP contribution is -2.23. The number of terminal acetylenes is 1. The summed E-state index contributed by atoms with van der Waals surface area (Å²) in [4.78, 5) is 15.8. The maximum Gasteiger partial charge on any atom is 0.263 e. The van der Waals surface area contributed by atoms with Gasteiger partial charge in [-0.3, -0.25) is 4.79 Å². The molecule has 0 aliphatic heterocycles. The lowest BCUT2D eigenvalue weighted by atomic mass is 10.1. The first-order valence-corrected chi connectivity index (χ1v) is 6.88. The van der Waals surface area contributed by atoms with Crippen LogP contribution in [0.2, 0.25) is 0 Å². The first kappa shape index (κ1) is 16.4. The molecule has 23 heavy (non-hydrogen) atoms. The number of aromatic nitrogens is 1. The van der Waals surface area contributed by atoms with Crippen molar-refractivity contribution in [3.63, 3.8) is 0 Å². The fraction of sp³-hybridized carbons (Fsp3) is 0.176. The maximum absolute atomic E-state index is 12.5. The van der Waals surface area contributed by atoms with Gasteiger partial charge in [0.25, 0.3) is 12.3 Å². The number of pyridine rings is 1. The van der Waals surface area contributed by atoms with Crippen LogP contribution in [0, 0.1) is 12.3 Å². The third-order valence-corrected chi connectivity index (χ3v) is 3.08. The molecule has 0 atom stereocenters. The first-order valence-electron chi connectivity index (χ1n) is 6.88. The Morgan fingerprint density at radius 2 is 1.96 bits per heavy atom. The zero-order valence-corrected chi connectivity index (χ0v) is 12.2. The maximum atomic E-state index is 12.5. The summed E-state index contributed by atoms with van der Waals surface area (Å²) in [5, 5.41) is 5.60. The molecule has 4 nitrogen and oxygen atoms in total. The van der Waals surface area contributed by atoms with E-state index >= 15 is 0 Å². The number of hydrogen-bond donors (Lipinski definition) is 2. The van der Waals surface area contributed by atoms with Crippen LogP contribution >= 0.6 is 0 Å². The molecule has 2 aromatic rings. The van der Waals surface area contributed by atoms with E-state index in [1.165, 1.54) is 18.3 Å². The average Bonchev–Trinajstić information content (AvgIpc) is 2.58. The summed E-state index contributed by atoms with van der Waals surface area (Å²) in [6.45, 7) is 0.604. The van der Waals surface area contributed by atoms with Gasteiger partial charge in [-0.25, -0.2) is 13.8 Å². The standard InChI is InChI=1S/C17H15F2N3O/c1-2-9-20-17(23)14-7-8-15(22-11-14)21-10-12-3-5-13(6-4-12)16(18)19/h1,3-8,11,16H,9-10H2,(H,20,23)(H,21,22). The summed E-state index contributed by atoms with van der Waals surface area (Å²) >= 11 is 0. The van der Waals surface area contributed by atoms with E-state index in [0.717, 1.165) is 5.56 Å². The van der Waals surface area contributed by atoms with Crippen molar-refractivity contribution in [3.05, 3.63) is 59.3 Å². The third kappa shape index (κ3) is 4.78. The number of benzene rings is 1. The smallest absolute Gasteiger partial charge is 0.263 e. The van der Waals surface area contributed by atoms with Gasteiger partial charge in [-0.2, -0.15) is 0 Å². The zero-order chi connectivity index (χ0) is 16.7. The minimum atomic E-state index is -2.47. The Bertz CT molecular complexity index is 691. The van der Waals surface area contributed by atoms with Crippen molar-refractivity contribution in [2.45, 2.75) is 13.0 Å². The highest BCUT2D eigenvalue weighted by molar-refractivity contribution is 5.94. The molecule has 1 amide bonds. The Kier molecular flexibility index (Phi) is 5.64. The quantitative estimate of drug-likeness (QED) is 0.806. The summed E-state index contributed by atoms with van der Waals surface area (Å²) in [6.07, 6.45) is 4.04. The van der Waals surface area contributed by atoms with Crippen LogP contribution in [0.25, 0.3) is 0 Å². The third-order valence-electron chi connectivity index (χ3n) is 3.08. The lowest BCUT2D eigenvalue weighted by molar-refractivity contribution is 0.0958. The normalized spacial score (nSPS) is 10.2. The molecule has 1 heterocycles. The molecule has 0 fully saturated rings. The first-order chi connectivity index (χ1) is 11.1. The van der Waals surface area contributed by atoms with Crippen LogP contribution in [0.4, 0.5) is 14.6 Å². The van der Waals surface area contributed by atoms with Gasteiger partial charge in [0.1, 0.15) is 5.82 Å². The van der Waals surface area contributed by atoms with E-state index in [0.29, 0.717) is 17.9 Å². The molecule has 0 radical (unpaired) electrons. The summed E-state index contributed by atoms with van der Waals surface area (Å²) in [5.41, 5.74) is 1.26. The van der Waals surface area contributed by atoms with Crippen LogP contribution in [0.5, 0.6) is 0 Å².